The zero-order valence-electron chi connectivity index (χ0n) is 21.0. The van der Waals surface area contributed by atoms with Crippen LogP contribution in [-0.4, -0.2) is 36.2 Å². The molecule has 3 aliphatic heterocycles. The summed E-state index contributed by atoms with van der Waals surface area (Å²) in [7, 11) is 0. The number of fused-ring (bicyclic) bond motifs is 1. The van der Waals surface area contributed by atoms with Crippen molar-refractivity contribution in [2.45, 2.75) is 70.1 Å². The van der Waals surface area contributed by atoms with Crippen LogP contribution in [0, 0.1) is 5.82 Å². The predicted octanol–water partition coefficient (Wildman–Crippen LogP) is 7.11. The molecule has 3 aliphatic rings. The van der Waals surface area contributed by atoms with E-state index in [4.69, 9.17) is 4.52 Å². The van der Waals surface area contributed by atoms with Crippen molar-refractivity contribution in [3.63, 3.8) is 0 Å². The molecule has 4 nitrogen and oxygen atoms in total. The molecule has 5 heteroatoms. The lowest BCUT2D eigenvalue weighted by Crippen LogP contribution is -2.33. The van der Waals surface area contributed by atoms with Crippen molar-refractivity contribution in [1.29, 1.82) is 0 Å². The Bertz CT molecular complexity index is 1260. The number of hydrogen-bond donors (Lipinski definition) is 0. The highest BCUT2D eigenvalue weighted by Crippen LogP contribution is 2.46. The first-order valence-corrected chi connectivity index (χ1v) is 13.4. The summed E-state index contributed by atoms with van der Waals surface area (Å²) >= 11 is 0. The van der Waals surface area contributed by atoms with Crippen LogP contribution in [-0.2, 0) is 6.42 Å². The van der Waals surface area contributed by atoms with E-state index in [1.807, 2.05) is 6.07 Å². The van der Waals surface area contributed by atoms with Crippen LogP contribution < -0.4 is 4.90 Å². The van der Waals surface area contributed by atoms with Crippen LogP contribution in [0.1, 0.15) is 86.1 Å². The Morgan fingerprint density at radius 2 is 2.00 bits per heavy atom. The van der Waals surface area contributed by atoms with Crippen molar-refractivity contribution in [3.8, 4) is 0 Å². The summed E-state index contributed by atoms with van der Waals surface area (Å²) in [4.78, 5) is 5.06. The lowest BCUT2D eigenvalue weighted by Gasteiger charge is -2.34. The average Bonchev–Trinajstić information content (AvgIpc) is 3.47. The van der Waals surface area contributed by atoms with Crippen LogP contribution in [0.15, 0.2) is 47.1 Å². The van der Waals surface area contributed by atoms with Gasteiger partial charge in [-0.25, -0.2) is 4.39 Å². The first-order chi connectivity index (χ1) is 17.0. The van der Waals surface area contributed by atoms with Crippen LogP contribution in [0.3, 0.4) is 0 Å². The van der Waals surface area contributed by atoms with Crippen molar-refractivity contribution in [3.05, 3.63) is 70.8 Å². The molecular weight excluding hydrogens is 437 g/mol. The van der Waals surface area contributed by atoms with Gasteiger partial charge in [-0.2, -0.15) is 0 Å². The maximum atomic E-state index is 13.5. The topological polar surface area (TPSA) is 32.5 Å². The van der Waals surface area contributed by atoms with E-state index in [2.05, 4.69) is 47.5 Å². The molecule has 0 spiro atoms. The van der Waals surface area contributed by atoms with Gasteiger partial charge in [-0.1, -0.05) is 37.7 Å². The number of allylic oxidation sites excluding steroid dienone is 1. The molecule has 1 saturated heterocycles. The fourth-order valence-electron chi connectivity index (χ4n) is 6.60. The summed E-state index contributed by atoms with van der Waals surface area (Å²) in [6, 6.07) is 9.73. The highest BCUT2D eigenvalue weighted by Gasteiger charge is 2.32. The number of anilines is 1. The Hall–Kier alpha value is -2.66. The fraction of sp³-hybridized carbons (Fsp3) is 0.500. The van der Waals surface area contributed by atoms with Gasteiger partial charge < -0.3 is 14.3 Å². The Kier molecular flexibility index (Phi) is 5.92. The van der Waals surface area contributed by atoms with E-state index >= 15 is 0 Å². The summed E-state index contributed by atoms with van der Waals surface area (Å²) < 4.78 is 18.9. The van der Waals surface area contributed by atoms with E-state index < -0.39 is 0 Å². The molecule has 0 radical (unpaired) electrons. The third kappa shape index (κ3) is 4.18. The summed E-state index contributed by atoms with van der Waals surface area (Å²) in [6.45, 7) is 13.5. The highest BCUT2D eigenvalue weighted by molar-refractivity contribution is 5.80. The van der Waals surface area contributed by atoms with Crippen molar-refractivity contribution < 1.29 is 8.91 Å². The molecule has 0 bridgehead atoms. The largest absolute Gasteiger partial charge is 0.356 e. The molecule has 4 heterocycles. The normalized spacial score (nSPS) is 21.6. The summed E-state index contributed by atoms with van der Waals surface area (Å²) in [6.07, 6.45) is 6.86. The van der Waals surface area contributed by atoms with Gasteiger partial charge >= 0.3 is 0 Å². The molecule has 3 aromatic rings. The lowest BCUT2D eigenvalue weighted by atomic mass is 9.84. The number of hydrogen-bond acceptors (Lipinski definition) is 4. The van der Waals surface area contributed by atoms with Gasteiger partial charge in [-0.3, -0.25) is 0 Å². The monoisotopic (exact) mass is 473 g/mol. The second-order valence-electron chi connectivity index (χ2n) is 11.1. The van der Waals surface area contributed by atoms with E-state index in [0.717, 1.165) is 62.9 Å². The molecule has 1 fully saturated rings. The minimum atomic E-state index is -0.272. The number of nitrogens with zero attached hydrogens (tertiary/aromatic N) is 3. The number of benzene rings is 2. The third-order valence-corrected chi connectivity index (χ3v) is 8.69. The number of likely N-dealkylation sites (tertiary alicyclic amines) is 1. The minimum Gasteiger partial charge on any atom is -0.356 e. The van der Waals surface area contributed by atoms with Crippen LogP contribution in [0.4, 0.5) is 10.1 Å². The maximum absolute atomic E-state index is 13.5. The van der Waals surface area contributed by atoms with E-state index in [9.17, 15) is 4.39 Å². The molecule has 1 aromatic heterocycles. The fourth-order valence-corrected chi connectivity index (χ4v) is 6.60. The molecule has 0 aliphatic carbocycles. The quantitative estimate of drug-likeness (QED) is 0.382. The first kappa shape index (κ1) is 22.8. The zero-order valence-corrected chi connectivity index (χ0v) is 21.0. The second-order valence-corrected chi connectivity index (χ2v) is 11.1. The summed E-state index contributed by atoms with van der Waals surface area (Å²) in [5, 5.41) is 5.26. The Morgan fingerprint density at radius 3 is 2.83 bits per heavy atom. The molecule has 0 saturated carbocycles. The molecule has 0 amide bonds. The Morgan fingerprint density at radius 1 is 1.17 bits per heavy atom. The van der Waals surface area contributed by atoms with Gasteiger partial charge in [0.1, 0.15) is 5.82 Å². The number of halogens is 1. The van der Waals surface area contributed by atoms with E-state index in [0.29, 0.717) is 23.3 Å². The highest BCUT2D eigenvalue weighted by atomic mass is 19.1. The number of piperidine rings is 1. The SMILES string of the molecule is C=C1CC(C)c2cc(C(C)CCCN3CCC(c4noc5cc(F)ccc45)CC3)cc3c2N1CC3. The van der Waals surface area contributed by atoms with Gasteiger partial charge in [-0.05, 0) is 98.8 Å². The molecule has 2 aromatic carbocycles. The Balaban J connectivity index is 1.03. The average molecular weight is 474 g/mol. The van der Waals surface area contributed by atoms with Gasteiger partial charge in [0.2, 0.25) is 0 Å². The second kappa shape index (κ2) is 9.09. The van der Waals surface area contributed by atoms with Crippen LogP contribution in [0.25, 0.3) is 11.0 Å². The van der Waals surface area contributed by atoms with E-state index in [1.54, 1.807) is 5.56 Å². The Labute approximate surface area is 207 Å². The number of rotatable bonds is 6. The van der Waals surface area contributed by atoms with Gasteiger partial charge in [-0.15, -0.1) is 0 Å². The van der Waals surface area contributed by atoms with E-state index in [-0.39, 0.29) is 5.82 Å². The zero-order chi connectivity index (χ0) is 24.1. The smallest absolute Gasteiger partial charge is 0.170 e. The van der Waals surface area contributed by atoms with Crippen molar-refractivity contribution in [2.75, 3.05) is 31.1 Å². The van der Waals surface area contributed by atoms with Gasteiger partial charge in [0.05, 0.1) is 5.69 Å². The predicted molar refractivity (Wildman–Crippen MR) is 140 cm³/mol. The van der Waals surface area contributed by atoms with Gasteiger partial charge in [0, 0.05) is 35.3 Å². The molecule has 2 atom stereocenters. The molecule has 35 heavy (non-hydrogen) atoms. The van der Waals surface area contributed by atoms with E-state index in [1.165, 1.54) is 47.5 Å². The molecule has 2 unspecified atom stereocenters. The first-order valence-electron chi connectivity index (χ1n) is 13.4. The lowest BCUT2D eigenvalue weighted by molar-refractivity contribution is 0.205. The minimum absolute atomic E-state index is 0.272. The number of aromatic nitrogens is 1. The summed E-state index contributed by atoms with van der Waals surface area (Å²) in [5.41, 5.74) is 8.92. The molecule has 184 valence electrons. The van der Waals surface area contributed by atoms with Crippen molar-refractivity contribution >= 4 is 16.7 Å². The van der Waals surface area contributed by atoms with Gasteiger partial charge in [0.15, 0.2) is 5.58 Å². The molecule has 0 N–H and O–H groups in total. The van der Waals surface area contributed by atoms with Gasteiger partial charge in [0.25, 0.3) is 0 Å². The van der Waals surface area contributed by atoms with Crippen LogP contribution in [0.5, 0.6) is 0 Å². The molecular formula is C30H36FN3O. The maximum Gasteiger partial charge on any atom is 0.170 e. The van der Waals surface area contributed by atoms with Crippen LogP contribution in [0.2, 0.25) is 0 Å². The molecule has 6 rings (SSSR count). The van der Waals surface area contributed by atoms with Crippen molar-refractivity contribution in [1.82, 2.24) is 10.1 Å². The third-order valence-electron chi connectivity index (χ3n) is 8.69. The standard InChI is InChI=1S/C30H36FN3O/c1-19(24-16-23-10-14-34-21(3)15-20(2)27(17-24)30(23)34)5-4-11-33-12-8-22(9-13-33)29-26-7-6-25(31)18-28(26)35-32-29/h6-7,16-20,22H,3-5,8-15H2,1-2H3. The van der Waals surface area contributed by atoms with Crippen LogP contribution >= 0.6 is 0 Å². The summed E-state index contributed by atoms with van der Waals surface area (Å²) in [5.74, 6) is 1.28. The van der Waals surface area contributed by atoms with Crippen molar-refractivity contribution in [2.24, 2.45) is 0 Å².